The fourth-order valence-electron chi connectivity index (χ4n) is 2.78. The van der Waals surface area contributed by atoms with E-state index in [0.29, 0.717) is 5.02 Å². The normalized spacial score (nSPS) is 11.7. The summed E-state index contributed by atoms with van der Waals surface area (Å²) < 4.78 is 12.5. The second kappa shape index (κ2) is 7.59. The Morgan fingerprint density at radius 3 is 2.37 bits per heavy atom. The van der Waals surface area contributed by atoms with Crippen LogP contribution in [0.25, 0.3) is 22.3 Å². The second-order valence-electron chi connectivity index (χ2n) is 5.95. The summed E-state index contributed by atoms with van der Waals surface area (Å²) in [7, 11) is 1.64. The zero-order valence-corrected chi connectivity index (χ0v) is 16.8. The van der Waals surface area contributed by atoms with E-state index in [-0.39, 0.29) is 0 Å². The van der Waals surface area contributed by atoms with Crippen LogP contribution < -0.4 is 10.1 Å². The summed E-state index contributed by atoms with van der Waals surface area (Å²) in [5, 5.41) is 2.38. The molecule has 0 aliphatic carbocycles. The van der Waals surface area contributed by atoms with E-state index in [1.807, 2.05) is 72.8 Å². The first-order valence-corrected chi connectivity index (χ1v) is 9.47. The summed E-state index contributed by atoms with van der Waals surface area (Å²) in [5.41, 5.74) is 2.53. The van der Waals surface area contributed by atoms with Crippen LogP contribution in [0, 0.1) is 0 Å². The van der Waals surface area contributed by atoms with E-state index < -0.39 is 0 Å². The summed E-state index contributed by atoms with van der Waals surface area (Å²) in [6, 6.07) is 23.0. The van der Waals surface area contributed by atoms with Crippen molar-refractivity contribution in [3.63, 3.8) is 0 Å². The Hall–Kier alpha value is -2.56. The second-order valence-corrected chi connectivity index (χ2v) is 7.31. The molecule has 0 radical (unpaired) electrons. The molecule has 3 nitrogen and oxygen atoms in total. The Morgan fingerprint density at radius 1 is 0.926 bits per heavy atom. The third kappa shape index (κ3) is 3.92. The largest absolute Gasteiger partial charge is 0.497 e. The number of halogens is 2. The topological polar surface area (TPSA) is 34.7 Å². The van der Waals surface area contributed by atoms with Gasteiger partial charge in [0.05, 0.1) is 18.2 Å². The van der Waals surface area contributed by atoms with Crippen molar-refractivity contribution in [1.29, 1.82) is 0 Å². The molecular formula is C22H15BrClNO2. The molecule has 1 heterocycles. The monoisotopic (exact) mass is 439 g/mol. The fourth-order valence-corrected chi connectivity index (χ4v) is 3.17. The van der Waals surface area contributed by atoms with Crippen LogP contribution in [0.1, 0.15) is 0 Å². The maximum atomic E-state index is 6.12. The number of hydrogen-bond acceptors (Lipinski definition) is 3. The Balaban J connectivity index is 1.97. The highest BCUT2D eigenvalue weighted by atomic mass is 79.9. The average Bonchev–Trinajstić information content (AvgIpc) is 2.70. The summed E-state index contributed by atoms with van der Waals surface area (Å²) in [6.45, 7) is 0. The molecule has 1 aromatic heterocycles. The third-order valence-corrected chi connectivity index (χ3v) is 4.94. The van der Waals surface area contributed by atoms with Crippen molar-refractivity contribution in [3.8, 4) is 17.1 Å². The van der Waals surface area contributed by atoms with E-state index in [2.05, 4.69) is 15.9 Å². The van der Waals surface area contributed by atoms with Crippen molar-refractivity contribution < 1.29 is 9.15 Å². The van der Waals surface area contributed by atoms with Gasteiger partial charge >= 0.3 is 0 Å². The average molecular weight is 441 g/mol. The van der Waals surface area contributed by atoms with Crippen molar-refractivity contribution in [2.75, 3.05) is 7.11 Å². The molecular weight excluding hydrogens is 426 g/mol. The minimum Gasteiger partial charge on any atom is -0.497 e. The Labute approximate surface area is 170 Å². The maximum absolute atomic E-state index is 6.12. The van der Waals surface area contributed by atoms with Crippen LogP contribution in [0.3, 0.4) is 0 Å². The number of benzene rings is 3. The highest BCUT2D eigenvalue weighted by molar-refractivity contribution is 9.10. The van der Waals surface area contributed by atoms with Crippen LogP contribution in [-0.4, -0.2) is 7.11 Å². The molecule has 4 aromatic rings. The van der Waals surface area contributed by atoms with Crippen LogP contribution in [-0.2, 0) is 0 Å². The van der Waals surface area contributed by atoms with Crippen molar-refractivity contribution in [2.45, 2.75) is 0 Å². The van der Waals surface area contributed by atoms with E-state index >= 15 is 0 Å². The van der Waals surface area contributed by atoms with Gasteiger partial charge in [0.15, 0.2) is 0 Å². The molecule has 0 unspecified atom stereocenters. The summed E-state index contributed by atoms with van der Waals surface area (Å²) in [6.07, 6.45) is 0. The van der Waals surface area contributed by atoms with E-state index in [1.54, 1.807) is 7.11 Å². The van der Waals surface area contributed by atoms with Gasteiger partial charge in [-0.3, -0.25) is 0 Å². The zero-order chi connectivity index (χ0) is 18.8. The molecule has 134 valence electrons. The van der Waals surface area contributed by atoms with Crippen LogP contribution >= 0.6 is 27.5 Å². The quantitative estimate of drug-likeness (QED) is 0.353. The highest BCUT2D eigenvalue weighted by Crippen LogP contribution is 2.26. The molecule has 0 spiro atoms. The van der Waals surface area contributed by atoms with E-state index in [4.69, 9.17) is 25.7 Å². The van der Waals surface area contributed by atoms with E-state index in [9.17, 15) is 0 Å². The Bertz CT molecular complexity index is 1170. The zero-order valence-electron chi connectivity index (χ0n) is 14.4. The first kappa shape index (κ1) is 17.8. The first-order chi connectivity index (χ1) is 13.1. The molecule has 0 aliphatic heterocycles. The summed E-state index contributed by atoms with van der Waals surface area (Å²) in [5.74, 6) is 1.48. The number of ether oxygens (including phenoxy) is 1. The van der Waals surface area contributed by atoms with Gasteiger partial charge < -0.3 is 9.15 Å². The molecule has 0 fully saturated rings. The number of fused-ring (bicyclic) bond motifs is 1. The molecule has 3 aromatic carbocycles. The minimum atomic E-state index is 0.684. The predicted octanol–water partition coefficient (Wildman–Crippen LogP) is 6.76. The lowest BCUT2D eigenvalue weighted by Gasteiger charge is -2.07. The van der Waals surface area contributed by atoms with Crippen molar-refractivity contribution in [1.82, 2.24) is 0 Å². The van der Waals surface area contributed by atoms with Crippen molar-refractivity contribution in [3.05, 3.63) is 87.6 Å². The van der Waals surface area contributed by atoms with Gasteiger partial charge in [0.2, 0.25) is 0 Å². The van der Waals surface area contributed by atoms with Crippen LogP contribution in [0.15, 0.2) is 86.7 Å². The Morgan fingerprint density at radius 2 is 1.67 bits per heavy atom. The molecule has 0 saturated heterocycles. The molecule has 5 heteroatoms. The van der Waals surface area contributed by atoms with Gasteiger partial charge in [0.1, 0.15) is 17.1 Å². The minimum absolute atomic E-state index is 0.684. The SMILES string of the molecule is COc1ccc2oc(-c3ccc(Cl)cc3)cc(=Nc3ccc(Br)cc3)c2c1. The van der Waals surface area contributed by atoms with Crippen LogP contribution in [0.5, 0.6) is 5.75 Å². The van der Waals surface area contributed by atoms with Gasteiger partial charge in [-0.1, -0.05) is 27.5 Å². The lowest BCUT2D eigenvalue weighted by atomic mass is 10.1. The molecule has 0 saturated carbocycles. The van der Waals surface area contributed by atoms with Gasteiger partial charge in [-0.15, -0.1) is 0 Å². The van der Waals surface area contributed by atoms with E-state index in [0.717, 1.165) is 43.6 Å². The fraction of sp³-hybridized carbons (Fsp3) is 0.0455. The molecule has 0 atom stereocenters. The number of nitrogens with zero attached hydrogens (tertiary/aromatic N) is 1. The predicted molar refractivity (Wildman–Crippen MR) is 113 cm³/mol. The van der Waals surface area contributed by atoms with Gasteiger partial charge in [-0.05, 0) is 66.7 Å². The smallest absolute Gasteiger partial charge is 0.137 e. The number of methoxy groups -OCH3 is 1. The molecule has 0 aliphatic rings. The van der Waals surface area contributed by atoms with E-state index in [1.165, 1.54) is 0 Å². The number of hydrogen-bond donors (Lipinski definition) is 0. The first-order valence-electron chi connectivity index (χ1n) is 8.30. The Kier molecular flexibility index (Phi) is 5.01. The van der Waals surface area contributed by atoms with Crippen LogP contribution in [0.2, 0.25) is 5.02 Å². The molecule has 0 bridgehead atoms. The van der Waals surface area contributed by atoms with Crippen LogP contribution in [0.4, 0.5) is 5.69 Å². The highest BCUT2D eigenvalue weighted by Gasteiger charge is 2.08. The summed E-state index contributed by atoms with van der Waals surface area (Å²) in [4.78, 5) is 4.83. The molecule has 0 N–H and O–H groups in total. The van der Waals surface area contributed by atoms with Crippen molar-refractivity contribution in [2.24, 2.45) is 4.99 Å². The molecule has 4 rings (SSSR count). The lowest BCUT2D eigenvalue weighted by molar-refractivity contribution is 0.415. The van der Waals surface area contributed by atoms with Crippen molar-refractivity contribution >= 4 is 44.2 Å². The standard InChI is InChI=1S/C22H15BrClNO2/c1-26-18-10-11-21-19(12-18)20(25-17-8-4-15(23)5-9-17)13-22(27-21)14-2-6-16(24)7-3-14/h2-13H,1H3. The van der Waals surface area contributed by atoms with Gasteiger partial charge in [0, 0.05) is 26.5 Å². The number of rotatable bonds is 3. The molecule has 27 heavy (non-hydrogen) atoms. The maximum Gasteiger partial charge on any atom is 0.137 e. The third-order valence-electron chi connectivity index (χ3n) is 4.16. The molecule has 0 amide bonds. The van der Waals surface area contributed by atoms with Gasteiger partial charge in [-0.25, -0.2) is 4.99 Å². The van der Waals surface area contributed by atoms with Gasteiger partial charge in [-0.2, -0.15) is 0 Å². The van der Waals surface area contributed by atoms with Gasteiger partial charge in [0.25, 0.3) is 0 Å². The summed E-state index contributed by atoms with van der Waals surface area (Å²) >= 11 is 9.47. The lowest BCUT2D eigenvalue weighted by Crippen LogP contribution is -2.03.